The Morgan fingerprint density at radius 1 is 1.47 bits per heavy atom. The molecule has 2 radical (unpaired) electrons. The molecule has 17 heavy (non-hydrogen) atoms. The Balaban J connectivity index is 2.12. The zero-order valence-corrected chi connectivity index (χ0v) is 9.98. The van der Waals surface area contributed by atoms with E-state index in [0.717, 1.165) is 11.9 Å². The Labute approximate surface area is 103 Å². The van der Waals surface area contributed by atoms with E-state index >= 15 is 0 Å². The fourth-order valence-corrected chi connectivity index (χ4v) is 2.52. The number of nitrogens with two attached hydrogens (primary N) is 1. The topological polar surface area (TPSA) is 52.3 Å². The molecule has 2 rings (SSSR count). The molecule has 0 aromatic heterocycles. The summed E-state index contributed by atoms with van der Waals surface area (Å²) in [5.74, 6) is 0.00939. The lowest BCUT2D eigenvalue weighted by Crippen LogP contribution is -2.46. The molecule has 0 spiro atoms. The summed E-state index contributed by atoms with van der Waals surface area (Å²) in [5, 5.41) is 0. The molecule has 1 saturated carbocycles. The van der Waals surface area contributed by atoms with Crippen LogP contribution in [0.15, 0.2) is 24.3 Å². The van der Waals surface area contributed by atoms with Gasteiger partial charge in [-0.3, -0.25) is 4.79 Å². The van der Waals surface area contributed by atoms with Crippen molar-refractivity contribution in [3.8, 4) is 0 Å². The van der Waals surface area contributed by atoms with Gasteiger partial charge in [0.2, 0.25) is 0 Å². The summed E-state index contributed by atoms with van der Waals surface area (Å²) in [6.07, 6.45) is 2.23. The van der Waals surface area contributed by atoms with Gasteiger partial charge < -0.3 is 10.5 Å². The Morgan fingerprint density at radius 2 is 2.12 bits per heavy atom. The van der Waals surface area contributed by atoms with Crippen molar-refractivity contribution >= 4 is 19.3 Å². The second-order valence-electron chi connectivity index (χ2n) is 4.75. The third-order valence-electron chi connectivity index (χ3n) is 3.55. The number of ether oxygens (including phenoxy) is 1. The molecule has 0 aliphatic heterocycles. The maximum absolute atomic E-state index is 11.6. The third kappa shape index (κ3) is 2.37. The molecule has 1 fully saturated rings. The van der Waals surface area contributed by atoms with Crippen LogP contribution >= 0.6 is 0 Å². The SMILES string of the molecule is [B]c1ccc([C@H]2CC[C@@](N)(C(=O)OC)C2)cc1. The van der Waals surface area contributed by atoms with Gasteiger partial charge in [0.1, 0.15) is 13.4 Å². The van der Waals surface area contributed by atoms with Crippen LogP contribution in [0.25, 0.3) is 0 Å². The summed E-state index contributed by atoms with van der Waals surface area (Å²) >= 11 is 0. The predicted octanol–water partition coefficient (Wildman–Crippen LogP) is 0.618. The standard InChI is InChI=1S/C13H16BNO2/c1-17-12(16)13(15)7-6-10(8-13)9-2-4-11(14)5-3-9/h2-5,10H,6-8,15H2,1H3/t10-,13-/m0/s1. The van der Waals surface area contributed by atoms with E-state index in [1.807, 2.05) is 24.3 Å². The second kappa shape index (κ2) is 4.53. The Kier molecular flexibility index (Phi) is 3.25. The van der Waals surface area contributed by atoms with Crippen LogP contribution < -0.4 is 11.2 Å². The van der Waals surface area contributed by atoms with Crippen LogP contribution in [0, 0.1) is 0 Å². The van der Waals surface area contributed by atoms with Gasteiger partial charge in [0.15, 0.2) is 0 Å². The van der Waals surface area contributed by atoms with E-state index in [9.17, 15) is 4.79 Å². The molecule has 2 N–H and O–H groups in total. The van der Waals surface area contributed by atoms with Crippen molar-refractivity contribution in [2.45, 2.75) is 30.7 Å². The number of hydrogen-bond donors (Lipinski definition) is 1. The molecule has 3 nitrogen and oxygen atoms in total. The minimum Gasteiger partial charge on any atom is -0.468 e. The minimum absolute atomic E-state index is 0.310. The van der Waals surface area contributed by atoms with Gasteiger partial charge in [0.25, 0.3) is 0 Å². The van der Waals surface area contributed by atoms with Gasteiger partial charge in [-0.2, -0.15) is 0 Å². The molecule has 4 heteroatoms. The smallest absolute Gasteiger partial charge is 0.325 e. The van der Waals surface area contributed by atoms with Crippen molar-refractivity contribution in [1.29, 1.82) is 0 Å². The lowest BCUT2D eigenvalue weighted by atomic mass is 9.89. The van der Waals surface area contributed by atoms with Gasteiger partial charge in [-0.05, 0) is 30.7 Å². The summed E-state index contributed by atoms with van der Waals surface area (Å²) in [5.41, 5.74) is 7.19. The normalized spacial score (nSPS) is 28.0. The average Bonchev–Trinajstić information content (AvgIpc) is 2.73. The molecule has 88 valence electrons. The molecule has 1 aliphatic carbocycles. The van der Waals surface area contributed by atoms with Gasteiger partial charge in [-0.25, -0.2) is 0 Å². The van der Waals surface area contributed by atoms with E-state index in [2.05, 4.69) is 0 Å². The summed E-state index contributed by atoms with van der Waals surface area (Å²) in [4.78, 5) is 11.6. The molecule has 1 aromatic carbocycles. The predicted molar refractivity (Wildman–Crippen MR) is 67.4 cm³/mol. The Hall–Kier alpha value is -1.29. The van der Waals surface area contributed by atoms with Crippen LogP contribution in [0.5, 0.6) is 0 Å². The minimum atomic E-state index is -0.819. The number of rotatable bonds is 2. The molecule has 2 atom stereocenters. The first-order chi connectivity index (χ1) is 8.05. The van der Waals surface area contributed by atoms with Crippen LogP contribution in [0.1, 0.15) is 30.7 Å². The summed E-state index contributed by atoms with van der Waals surface area (Å²) < 4.78 is 4.76. The van der Waals surface area contributed by atoms with E-state index < -0.39 is 5.54 Å². The molecular formula is C13H16BNO2. The summed E-state index contributed by atoms with van der Waals surface area (Å²) in [7, 11) is 7.03. The maximum Gasteiger partial charge on any atom is 0.325 e. The highest BCUT2D eigenvalue weighted by molar-refractivity contribution is 6.32. The molecule has 0 bridgehead atoms. The van der Waals surface area contributed by atoms with Crippen molar-refractivity contribution in [3.63, 3.8) is 0 Å². The molecule has 0 heterocycles. The first-order valence-electron chi connectivity index (χ1n) is 5.78. The van der Waals surface area contributed by atoms with Gasteiger partial charge in [-0.15, -0.1) is 0 Å². The molecule has 0 amide bonds. The summed E-state index contributed by atoms with van der Waals surface area (Å²) in [6.45, 7) is 0. The average molecular weight is 229 g/mol. The highest BCUT2D eigenvalue weighted by atomic mass is 16.5. The summed E-state index contributed by atoms with van der Waals surface area (Å²) in [6, 6.07) is 7.76. The molecular weight excluding hydrogens is 213 g/mol. The number of esters is 1. The maximum atomic E-state index is 11.6. The van der Waals surface area contributed by atoms with Crippen LogP contribution in [-0.4, -0.2) is 26.5 Å². The van der Waals surface area contributed by atoms with Crippen LogP contribution in [0.3, 0.4) is 0 Å². The van der Waals surface area contributed by atoms with E-state index in [-0.39, 0.29) is 5.97 Å². The lowest BCUT2D eigenvalue weighted by molar-refractivity contribution is -0.146. The quantitative estimate of drug-likeness (QED) is 0.597. The first-order valence-corrected chi connectivity index (χ1v) is 5.78. The molecule has 1 aromatic rings. The van der Waals surface area contributed by atoms with Crippen molar-refractivity contribution in [1.82, 2.24) is 0 Å². The van der Waals surface area contributed by atoms with Crippen LogP contribution in [0.4, 0.5) is 0 Å². The van der Waals surface area contributed by atoms with Gasteiger partial charge in [-0.1, -0.05) is 29.7 Å². The fourth-order valence-electron chi connectivity index (χ4n) is 2.52. The van der Waals surface area contributed by atoms with E-state index in [0.29, 0.717) is 18.8 Å². The number of benzene rings is 1. The largest absolute Gasteiger partial charge is 0.468 e. The van der Waals surface area contributed by atoms with Crippen molar-refractivity contribution in [2.75, 3.05) is 7.11 Å². The highest BCUT2D eigenvalue weighted by Gasteiger charge is 2.43. The first kappa shape index (κ1) is 12.2. The van der Waals surface area contributed by atoms with E-state index in [4.69, 9.17) is 18.3 Å². The van der Waals surface area contributed by atoms with Crippen molar-refractivity contribution in [3.05, 3.63) is 29.8 Å². The van der Waals surface area contributed by atoms with E-state index in [1.165, 1.54) is 12.7 Å². The zero-order valence-electron chi connectivity index (χ0n) is 9.98. The fraction of sp³-hybridized carbons (Fsp3) is 0.462. The zero-order chi connectivity index (χ0) is 12.5. The molecule has 1 aliphatic rings. The van der Waals surface area contributed by atoms with E-state index in [1.54, 1.807) is 0 Å². The number of methoxy groups -OCH3 is 1. The molecule has 0 saturated heterocycles. The number of carbonyl (C=O) groups is 1. The molecule has 0 unspecified atom stereocenters. The van der Waals surface area contributed by atoms with Gasteiger partial charge >= 0.3 is 5.97 Å². The lowest BCUT2D eigenvalue weighted by Gasteiger charge is -2.20. The second-order valence-corrected chi connectivity index (χ2v) is 4.75. The third-order valence-corrected chi connectivity index (χ3v) is 3.55. The monoisotopic (exact) mass is 229 g/mol. The Bertz CT molecular complexity index is 418. The van der Waals surface area contributed by atoms with Crippen molar-refractivity contribution in [2.24, 2.45) is 5.73 Å². The van der Waals surface area contributed by atoms with Gasteiger partial charge in [0.05, 0.1) is 7.11 Å². The van der Waals surface area contributed by atoms with Crippen LogP contribution in [-0.2, 0) is 9.53 Å². The Morgan fingerprint density at radius 3 is 2.71 bits per heavy atom. The van der Waals surface area contributed by atoms with Crippen molar-refractivity contribution < 1.29 is 9.53 Å². The van der Waals surface area contributed by atoms with Crippen LogP contribution in [0.2, 0.25) is 0 Å². The highest BCUT2D eigenvalue weighted by Crippen LogP contribution is 2.39. The van der Waals surface area contributed by atoms with Gasteiger partial charge in [0, 0.05) is 0 Å². The number of carbonyl (C=O) groups excluding carboxylic acids is 1. The number of hydrogen-bond acceptors (Lipinski definition) is 3.